The minimum absolute atomic E-state index is 0.0666. The summed E-state index contributed by atoms with van der Waals surface area (Å²) in [6, 6.07) is 1.48. The first-order valence-corrected chi connectivity index (χ1v) is 12.6. The van der Waals surface area contributed by atoms with E-state index < -0.39 is 0 Å². The molecule has 0 fully saturated rings. The van der Waals surface area contributed by atoms with E-state index in [4.69, 9.17) is 23.4 Å². The van der Waals surface area contributed by atoms with Crippen LogP contribution in [0.1, 0.15) is 45.4 Å². The van der Waals surface area contributed by atoms with E-state index in [0.29, 0.717) is 29.9 Å². The smallest absolute Gasteiger partial charge is 0.202 e. The van der Waals surface area contributed by atoms with Crippen molar-refractivity contribution in [3.8, 4) is 17.2 Å². The Morgan fingerprint density at radius 3 is 2.32 bits per heavy atom. The van der Waals surface area contributed by atoms with Gasteiger partial charge < -0.3 is 28.5 Å². The molecule has 0 aliphatic carbocycles. The second kappa shape index (κ2) is 14.1. The number of hydrogen-bond acceptors (Lipinski definition) is 7. The van der Waals surface area contributed by atoms with Gasteiger partial charge >= 0.3 is 0 Å². The fourth-order valence-electron chi connectivity index (χ4n) is 4.61. The molecule has 7 heteroatoms. The monoisotopic (exact) mass is 514 g/mol. The molecule has 7 nitrogen and oxygen atoms in total. The molecule has 0 aliphatic heterocycles. The standard InChI is InChI=1S/C30H42O7/c1-10-18(2)13-11-12-14-22(33-6)21(5)29(36-9)19(3)15-16-23-20(4)27(31)26-24(34-7)17-25(35-8)28(32)30(26)37-23/h10-14,17,19,21-22,29,32H,15-16H2,1-9H3/b13-11+,14-12+,18-10-. The molecule has 0 spiro atoms. The molecule has 1 heterocycles. The van der Waals surface area contributed by atoms with Gasteiger partial charge in [0.1, 0.15) is 16.9 Å². The van der Waals surface area contributed by atoms with Crippen LogP contribution in [0.5, 0.6) is 17.2 Å². The topological polar surface area (TPSA) is 87.4 Å². The zero-order chi connectivity index (χ0) is 27.7. The Morgan fingerprint density at radius 2 is 1.76 bits per heavy atom. The second-order valence-electron chi connectivity index (χ2n) is 9.37. The average molecular weight is 515 g/mol. The van der Waals surface area contributed by atoms with E-state index in [1.807, 2.05) is 31.2 Å². The molecule has 204 valence electrons. The highest BCUT2D eigenvalue weighted by atomic mass is 16.5. The molecule has 0 saturated carbocycles. The number of benzene rings is 1. The lowest BCUT2D eigenvalue weighted by atomic mass is 9.85. The highest BCUT2D eigenvalue weighted by molar-refractivity contribution is 5.91. The van der Waals surface area contributed by atoms with Crippen molar-refractivity contribution in [3.63, 3.8) is 0 Å². The summed E-state index contributed by atoms with van der Waals surface area (Å²) in [5, 5.41) is 10.8. The van der Waals surface area contributed by atoms with E-state index >= 15 is 0 Å². The number of phenols is 1. The van der Waals surface area contributed by atoms with Crippen LogP contribution in [0.25, 0.3) is 11.0 Å². The molecule has 1 aromatic carbocycles. The third-order valence-electron chi connectivity index (χ3n) is 7.03. The molecule has 0 saturated heterocycles. The second-order valence-corrected chi connectivity index (χ2v) is 9.37. The van der Waals surface area contributed by atoms with Gasteiger partial charge in [-0.15, -0.1) is 0 Å². The molecule has 0 radical (unpaired) electrons. The average Bonchev–Trinajstić information content (AvgIpc) is 2.90. The summed E-state index contributed by atoms with van der Waals surface area (Å²) in [6.45, 7) is 10.0. The van der Waals surface area contributed by atoms with Gasteiger partial charge in [0.25, 0.3) is 0 Å². The van der Waals surface area contributed by atoms with Crippen LogP contribution in [-0.4, -0.2) is 45.8 Å². The molecule has 4 unspecified atom stereocenters. The summed E-state index contributed by atoms with van der Waals surface area (Å²) in [7, 11) is 6.31. The maximum atomic E-state index is 13.2. The number of ether oxygens (including phenoxy) is 4. The highest BCUT2D eigenvalue weighted by Crippen LogP contribution is 2.40. The van der Waals surface area contributed by atoms with Crippen molar-refractivity contribution in [3.05, 3.63) is 63.6 Å². The lowest BCUT2D eigenvalue weighted by Crippen LogP contribution is -2.36. The van der Waals surface area contributed by atoms with Crippen molar-refractivity contribution in [1.82, 2.24) is 0 Å². The predicted octanol–water partition coefficient (Wildman–Crippen LogP) is 6.14. The SMILES string of the molecule is C\C=C(C)/C=C/C=C/C(OC)C(C)C(OC)C(C)CCc1oc2c(O)c(OC)cc(OC)c2c(=O)c1C. The molecule has 2 rings (SSSR count). The van der Waals surface area contributed by atoms with Crippen molar-refractivity contribution in [2.24, 2.45) is 11.8 Å². The van der Waals surface area contributed by atoms with Crippen LogP contribution in [0.4, 0.5) is 0 Å². The van der Waals surface area contributed by atoms with E-state index in [2.05, 4.69) is 26.8 Å². The Bertz CT molecular complexity index is 1190. The summed E-state index contributed by atoms with van der Waals surface area (Å²) in [4.78, 5) is 13.2. The zero-order valence-corrected chi connectivity index (χ0v) is 23.6. The number of hydrogen-bond donors (Lipinski definition) is 1. The molecule has 0 bridgehead atoms. The predicted molar refractivity (Wildman–Crippen MR) is 148 cm³/mol. The van der Waals surface area contributed by atoms with Gasteiger partial charge in [-0.1, -0.05) is 49.8 Å². The van der Waals surface area contributed by atoms with Gasteiger partial charge in [0.2, 0.25) is 5.75 Å². The summed E-state index contributed by atoms with van der Waals surface area (Å²) in [5.41, 5.74) is 1.51. The Balaban J connectivity index is 2.27. The molecule has 37 heavy (non-hydrogen) atoms. The van der Waals surface area contributed by atoms with E-state index in [9.17, 15) is 9.90 Å². The number of aromatic hydroxyl groups is 1. The number of fused-ring (bicyclic) bond motifs is 1. The van der Waals surface area contributed by atoms with Gasteiger partial charge in [-0.25, -0.2) is 0 Å². The first kappa shape index (κ1) is 30.2. The first-order chi connectivity index (χ1) is 17.6. The Kier molecular flexibility index (Phi) is 11.5. The summed E-state index contributed by atoms with van der Waals surface area (Å²) >= 11 is 0. The minimum atomic E-state index is -0.235. The quantitative estimate of drug-likeness (QED) is 0.321. The number of rotatable bonds is 13. The number of aryl methyl sites for hydroxylation is 1. The Morgan fingerprint density at radius 1 is 1.08 bits per heavy atom. The van der Waals surface area contributed by atoms with Crippen LogP contribution in [0, 0.1) is 18.8 Å². The van der Waals surface area contributed by atoms with Crippen molar-refractivity contribution in [1.29, 1.82) is 0 Å². The van der Waals surface area contributed by atoms with Crippen LogP contribution in [0.3, 0.4) is 0 Å². The maximum Gasteiger partial charge on any atom is 0.202 e. The van der Waals surface area contributed by atoms with Crippen molar-refractivity contribution in [2.45, 2.75) is 59.7 Å². The molecule has 0 aliphatic rings. The maximum absolute atomic E-state index is 13.2. The van der Waals surface area contributed by atoms with E-state index in [1.165, 1.54) is 25.9 Å². The normalized spacial score (nSPS) is 15.9. The molecule has 1 aromatic heterocycles. The van der Waals surface area contributed by atoms with E-state index in [1.54, 1.807) is 21.1 Å². The fourth-order valence-corrected chi connectivity index (χ4v) is 4.61. The van der Waals surface area contributed by atoms with Crippen LogP contribution in [0.15, 0.2) is 51.2 Å². The first-order valence-electron chi connectivity index (χ1n) is 12.6. The Labute approximate surface area is 220 Å². The van der Waals surface area contributed by atoms with Gasteiger partial charge in [-0.2, -0.15) is 0 Å². The molecular formula is C30H42O7. The van der Waals surface area contributed by atoms with Gasteiger partial charge in [-0.05, 0) is 33.1 Å². The van der Waals surface area contributed by atoms with E-state index in [-0.39, 0.29) is 51.9 Å². The van der Waals surface area contributed by atoms with Gasteiger partial charge in [0.05, 0.1) is 26.4 Å². The zero-order valence-electron chi connectivity index (χ0n) is 23.6. The van der Waals surface area contributed by atoms with Gasteiger partial charge in [0.15, 0.2) is 16.8 Å². The van der Waals surface area contributed by atoms with Crippen LogP contribution >= 0.6 is 0 Å². The van der Waals surface area contributed by atoms with Gasteiger partial charge in [-0.3, -0.25) is 4.79 Å². The summed E-state index contributed by atoms with van der Waals surface area (Å²) in [5.74, 6) is 0.995. The largest absolute Gasteiger partial charge is 0.502 e. The molecule has 4 atom stereocenters. The van der Waals surface area contributed by atoms with Crippen LogP contribution in [0.2, 0.25) is 0 Å². The molecule has 1 N–H and O–H groups in total. The summed E-state index contributed by atoms with van der Waals surface area (Å²) in [6.07, 6.45) is 11.1. The lowest BCUT2D eigenvalue weighted by Gasteiger charge is -2.32. The van der Waals surface area contributed by atoms with Crippen LogP contribution in [-0.2, 0) is 15.9 Å². The fraction of sp³-hybridized carbons (Fsp3) is 0.500. The third kappa shape index (κ3) is 7.05. The van der Waals surface area contributed by atoms with Crippen molar-refractivity contribution >= 4 is 11.0 Å². The van der Waals surface area contributed by atoms with E-state index in [0.717, 1.165) is 0 Å². The van der Waals surface area contributed by atoms with Crippen molar-refractivity contribution < 1.29 is 28.5 Å². The van der Waals surface area contributed by atoms with Gasteiger partial charge in [0, 0.05) is 38.2 Å². The third-order valence-corrected chi connectivity index (χ3v) is 7.03. The minimum Gasteiger partial charge on any atom is -0.502 e. The Hall–Kier alpha value is -3.03. The highest BCUT2D eigenvalue weighted by Gasteiger charge is 2.29. The summed E-state index contributed by atoms with van der Waals surface area (Å²) < 4.78 is 28.3. The molecule has 2 aromatic rings. The lowest BCUT2D eigenvalue weighted by molar-refractivity contribution is -0.0343. The van der Waals surface area contributed by atoms with Crippen LogP contribution < -0.4 is 14.9 Å². The molecule has 0 amide bonds. The van der Waals surface area contributed by atoms with Crippen molar-refractivity contribution in [2.75, 3.05) is 28.4 Å². The number of methoxy groups -OCH3 is 4. The molecular weight excluding hydrogens is 472 g/mol. The number of phenolic OH excluding ortho intramolecular Hbond substituents is 1. The number of allylic oxidation sites excluding steroid dienone is 5.